The number of carbonyl (C=O) groups is 1. The average molecular weight is 573 g/mol. The monoisotopic (exact) mass is 572 g/mol. The Labute approximate surface area is 238 Å². The van der Waals surface area contributed by atoms with Gasteiger partial charge in [0.15, 0.2) is 5.82 Å². The number of para-hydroxylation sites is 2. The first-order valence-electron chi connectivity index (χ1n) is 14.1. The number of benzene rings is 1. The maximum atomic E-state index is 14.2. The lowest BCUT2D eigenvalue weighted by atomic mass is 10.0. The van der Waals surface area contributed by atoms with Crippen LogP contribution in [-0.4, -0.2) is 114 Å². The van der Waals surface area contributed by atoms with Crippen LogP contribution in [-0.2, 0) is 14.3 Å². The van der Waals surface area contributed by atoms with Crippen LogP contribution in [0.3, 0.4) is 0 Å². The lowest BCUT2D eigenvalue weighted by Crippen LogP contribution is -2.51. The summed E-state index contributed by atoms with van der Waals surface area (Å²) in [7, 11) is 3.71. The molecule has 222 valence electrons. The van der Waals surface area contributed by atoms with Crippen molar-refractivity contribution in [1.82, 2.24) is 29.3 Å². The van der Waals surface area contributed by atoms with E-state index in [0.717, 1.165) is 25.9 Å². The molecule has 5 rings (SSSR count). The first kappa shape index (κ1) is 29.1. The molecule has 2 saturated heterocycles. The summed E-state index contributed by atoms with van der Waals surface area (Å²) in [5.41, 5.74) is 0.955. The maximum absolute atomic E-state index is 14.2. The minimum Gasteiger partial charge on any atom is -0.383 e. The van der Waals surface area contributed by atoms with Crippen LogP contribution in [0.4, 0.5) is 20.5 Å². The largest absolute Gasteiger partial charge is 0.383 e. The van der Waals surface area contributed by atoms with Crippen LogP contribution in [0, 0.1) is 0 Å². The fourth-order valence-electron chi connectivity index (χ4n) is 5.46. The van der Waals surface area contributed by atoms with E-state index in [4.69, 9.17) is 14.5 Å². The summed E-state index contributed by atoms with van der Waals surface area (Å²) in [6, 6.07) is 8.10. The SMILES string of the molecule is COCCN(C(=O)[C@H](C)Nc1nc(N2CCOCC2)cc(-n2c(C(F)F)nc3ccccc32)n1)C1CCN(C)CC1. The predicted octanol–water partition coefficient (Wildman–Crippen LogP) is 2.96. The minimum absolute atomic E-state index is 0.0834. The number of amides is 1. The Bertz CT molecular complexity index is 1320. The highest BCUT2D eigenvalue weighted by atomic mass is 19.3. The van der Waals surface area contributed by atoms with Crippen molar-refractivity contribution in [2.75, 3.05) is 76.9 Å². The highest BCUT2D eigenvalue weighted by molar-refractivity contribution is 5.84. The quantitative estimate of drug-likeness (QED) is 0.393. The van der Waals surface area contributed by atoms with Gasteiger partial charge in [0.1, 0.15) is 17.7 Å². The van der Waals surface area contributed by atoms with E-state index in [9.17, 15) is 13.6 Å². The highest BCUT2D eigenvalue weighted by Crippen LogP contribution is 2.29. The number of ether oxygens (including phenoxy) is 2. The lowest BCUT2D eigenvalue weighted by Gasteiger charge is -2.38. The zero-order valence-electron chi connectivity index (χ0n) is 23.8. The molecule has 41 heavy (non-hydrogen) atoms. The number of nitrogens with zero attached hydrogens (tertiary/aromatic N) is 7. The van der Waals surface area contributed by atoms with Gasteiger partial charge in [0, 0.05) is 38.9 Å². The van der Waals surface area contributed by atoms with Gasteiger partial charge in [-0.25, -0.2) is 13.8 Å². The molecule has 4 heterocycles. The molecule has 2 aliphatic rings. The summed E-state index contributed by atoms with van der Waals surface area (Å²) in [4.78, 5) is 33.5. The Hall–Kier alpha value is -3.42. The Morgan fingerprint density at radius 2 is 1.83 bits per heavy atom. The summed E-state index contributed by atoms with van der Waals surface area (Å²) in [6.45, 7) is 6.77. The molecule has 2 fully saturated rings. The van der Waals surface area contributed by atoms with E-state index < -0.39 is 18.3 Å². The number of anilines is 2. The summed E-state index contributed by atoms with van der Waals surface area (Å²) in [6.07, 6.45) is -1.05. The Morgan fingerprint density at radius 3 is 2.54 bits per heavy atom. The third-order valence-corrected chi connectivity index (χ3v) is 7.71. The molecule has 0 bridgehead atoms. The first-order chi connectivity index (χ1) is 19.9. The van der Waals surface area contributed by atoms with E-state index >= 15 is 0 Å². The Balaban J connectivity index is 1.48. The van der Waals surface area contributed by atoms with Crippen molar-refractivity contribution in [3.63, 3.8) is 0 Å². The van der Waals surface area contributed by atoms with Crippen molar-refractivity contribution in [1.29, 1.82) is 0 Å². The van der Waals surface area contributed by atoms with E-state index in [1.807, 2.05) is 9.80 Å². The van der Waals surface area contributed by atoms with Crippen LogP contribution >= 0.6 is 0 Å². The van der Waals surface area contributed by atoms with Gasteiger partial charge >= 0.3 is 0 Å². The van der Waals surface area contributed by atoms with Crippen LogP contribution in [0.15, 0.2) is 30.3 Å². The topological polar surface area (TPSA) is 101 Å². The number of piperidine rings is 1. The summed E-state index contributed by atoms with van der Waals surface area (Å²) in [5, 5.41) is 3.18. The number of imidazole rings is 1. The van der Waals surface area contributed by atoms with Crippen molar-refractivity contribution >= 4 is 28.7 Å². The average Bonchev–Trinajstić information content (AvgIpc) is 3.38. The van der Waals surface area contributed by atoms with Gasteiger partial charge in [-0.3, -0.25) is 9.36 Å². The second-order valence-corrected chi connectivity index (χ2v) is 10.5. The zero-order chi connectivity index (χ0) is 28.9. The predicted molar refractivity (Wildman–Crippen MR) is 152 cm³/mol. The number of morpholine rings is 1. The number of methoxy groups -OCH3 is 1. The molecule has 1 aromatic carbocycles. The molecule has 0 aliphatic carbocycles. The van der Waals surface area contributed by atoms with Crippen molar-refractivity contribution in [2.24, 2.45) is 0 Å². The number of halogens is 2. The van der Waals surface area contributed by atoms with E-state index in [2.05, 4.69) is 27.2 Å². The van der Waals surface area contributed by atoms with E-state index in [1.165, 1.54) is 4.57 Å². The van der Waals surface area contributed by atoms with Gasteiger partial charge in [-0.15, -0.1) is 0 Å². The number of likely N-dealkylation sites (tertiary alicyclic amines) is 1. The van der Waals surface area contributed by atoms with Gasteiger partial charge in [-0.1, -0.05) is 12.1 Å². The molecule has 2 aliphatic heterocycles. The number of nitrogens with one attached hydrogen (secondary N) is 1. The van der Waals surface area contributed by atoms with Crippen LogP contribution in [0.1, 0.15) is 32.0 Å². The van der Waals surface area contributed by atoms with E-state index in [-0.39, 0.29) is 23.7 Å². The summed E-state index contributed by atoms with van der Waals surface area (Å²) >= 11 is 0. The third-order valence-electron chi connectivity index (χ3n) is 7.71. The number of fused-ring (bicyclic) bond motifs is 1. The molecule has 13 heteroatoms. The molecule has 1 N–H and O–H groups in total. The van der Waals surface area contributed by atoms with Crippen LogP contribution < -0.4 is 10.2 Å². The fraction of sp³-hybridized carbons (Fsp3) is 0.571. The maximum Gasteiger partial charge on any atom is 0.296 e. The number of aromatic nitrogens is 4. The third kappa shape index (κ3) is 6.57. The summed E-state index contributed by atoms with van der Waals surface area (Å²) in [5.74, 6) is 0.503. The van der Waals surface area contributed by atoms with Crippen LogP contribution in [0.2, 0.25) is 0 Å². The van der Waals surface area contributed by atoms with Crippen molar-refractivity contribution < 1.29 is 23.0 Å². The van der Waals surface area contributed by atoms with Gasteiger partial charge < -0.3 is 29.5 Å². The standard InChI is InChI=1S/C28H38F2N8O3/c1-19(27(39)37(14-15-40-3)20-8-10-35(2)11-9-20)31-28-33-23(36-12-16-41-17-13-36)18-24(34-28)38-22-7-5-4-6-21(22)32-26(38)25(29)30/h4-7,18-20,25H,8-17H2,1-3H3,(H,31,33,34)/t19-/m0/s1. The second-order valence-electron chi connectivity index (χ2n) is 10.5. The van der Waals surface area contributed by atoms with Crippen molar-refractivity contribution in [3.8, 4) is 5.82 Å². The molecule has 0 radical (unpaired) electrons. The molecule has 0 saturated carbocycles. The molecule has 3 aromatic rings. The lowest BCUT2D eigenvalue weighted by molar-refractivity contribution is -0.135. The van der Waals surface area contributed by atoms with Crippen LogP contribution in [0.25, 0.3) is 16.9 Å². The second kappa shape index (κ2) is 13.0. The molecule has 1 atom stereocenters. The van der Waals surface area contributed by atoms with Gasteiger partial charge in [-0.2, -0.15) is 9.97 Å². The van der Waals surface area contributed by atoms with Gasteiger partial charge in [0.25, 0.3) is 6.43 Å². The molecular formula is C28H38F2N8O3. The normalized spacial score (nSPS) is 17.8. The Kier molecular flexibility index (Phi) is 9.25. The van der Waals surface area contributed by atoms with E-state index in [0.29, 0.717) is 56.3 Å². The number of hydrogen-bond acceptors (Lipinski definition) is 9. The smallest absolute Gasteiger partial charge is 0.296 e. The zero-order valence-corrected chi connectivity index (χ0v) is 23.8. The molecule has 0 unspecified atom stereocenters. The Morgan fingerprint density at radius 1 is 1.12 bits per heavy atom. The van der Waals surface area contributed by atoms with Crippen LogP contribution in [0.5, 0.6) is 0 Å². The number of carbonyl (C=O) groups excluding carboxylic acids is 1. The number of rotatable bonds is 10. The number of hydrogen-bond donors (Lipinski definition) is 1. The summed E-state index contributed by atoms with van der Waals surface area (Å²) < 4.78 is 40.5. The molecule has 1 amide bonds. The minimum atomic E-state index is -2.81. The van der Waals surface area contributed by atoms with Gasteiger partial charge in [0.2, 0.25) is 11.9 Å². The molecule has 0 spiro atoms. The van der Waals surface area contributed by atoms with Gasteiger partial charge in [0.05, 0.1) is 30.9 Å². The molecular weight excluding hydrogens is 534 g/mol. The fourth-order valence-corrected chi connectivity index (χ4v) is 5.46. The van der Waals surface area contributed by atoms with Crippen molar-refractivity contribution in [3.05, 3.63) is 36.2 Å². The highest BCUT2D eigenvalue weighted by Gasteiger charge is 2.30. The first-order valence-corrected chi connectivity index (χ1v) is 14.1. The van der Waals surface area contributed by atoms with Crippen molar-refractivity contribution in [2.45, 2.75) is 38.3 Å². The number of alkyl halides is 2. The van der Waals surface area contributed by atoms with Gasteiger partial charge in [-0.05, 0) is 52.0 Å². The molecule has 11 nitrogen and oxygen atoms in total. The molecule has 2 aromatic heterocycles. The van der Waals surface area contributed by atoms with E-state index in [1.54, 1.807) is 44.4 Å².